The van der Waals surface area contributed by atoms with E-state index in [9.17, 15) is 29.0 Å². The fourth-order valence-electron chi connectivity index (χ4n) is 5.93. The number of nitriles is 3. The van der Waals surface area contributed by atoms with Crippen molar-refractivity contribution in [3.8, 4) is 29.6 Å². The Morgan fingerprint density at radius 1 is 0.707 bits per heavy atom. The molecular weight excluding hydrogens is 750 g/mol. The third kappa shape index (κ3) is 6.37. The van der Waals surface area contributed by atoms with Crippen molar-refractivity contribution in [3.63, 3.8) is 0 Å². The lowest BCUT2D eigenvalue weighted by Gasteiger charge is -2.07. The largest absolute Gasteiger partial charge is 0.416 e. The van der Waals surface area contributed by atoms with Crippen LogP contribution in [0.25, 0.3) is 37.9 Å². The number of rotatable bonds is 4. The number of aromatic nitrogens is 5. The molecule has 5 heterocycles. The summed E-state index contributed by atoms with van der Waals surface area (Å²) < 4.78 is 40.9. The summed E-state index contributed by atoms with van der Waals surface area (Å²) in [6, 6.07) is 16.7. The zero-order valence-electron chi connectivity index (χ0n) is 29.5. The van der Waals surface area contributed by atoms with Crippen molar-refractivity contribution in [2.45, 2.75) is 20.0 Å². The first-order chi connectivity index (χ1) is 27.9. The van der Waals surface area contributed by atoms with Crippen LogP contribution in [0.15, 0.2) is 102 Å². The molecule has 0 saturated carbocycles. The van der Waals surface area contributed by atoms with Gasteiger partial charge < -0.3 is 0 Å². The lowest BCUT2D eigenvalue weighted by atomic mass is 10.0. The fraction of sp³-hybridized carbons (Fsp3) is 0.0769. The molecule has 58 heavy (non-hydrogen) atoms. The molecule has 3 aliphatic heterocycles. The quantitative estimate of drug-likeness (QED) is 0.195. The van der Waals surface area contributed by atoms with Gasteiger partial charge in [0.05, 0.1) is 52.4 Å². The molecule has 0 bridgehead atoms. The average Bonchev–Trinajstić information content (AvgIpc) is 3.95. The molecule has 0 aliphatic carbocycles. The molecule has 8 rings (SSSR count). The van der Waals surface area contributed by atoms with Gasteiger partial charge in [0.2, 0.25) is 0 Å². The highest BCUT2D eigenvalue weighted by Crippen LogP contribution is 2.30. The Hall–Kier alpha value is -8.99. The summed E-state index contributed by atoms with van der Waals surface area (Å²) in [7, 11) is 0. The number of fused-ring (bicyclic) bond motifs is 3. The van der Waals surface area contributed by atoms with Crippen molar-refractivity contribution in [3.05, 3.63) is 167 Å². The van der Waals surface area contributed by atoms with Crippen LogP contribution in [-0.2, 0) is 6.18 Å². The van der Waals surface area contributed by atoms with Crippen molar-refractivity contribution in [2.24, 2.45) is 30.0 Å². The van der Waals surface area contributed by atoms with Crippen molar-refractivity contribution in [2.75, 3.05) is 0 Å². The van der Waals surface area contributed by atoms with E-state index in [1.54, 1.807) is 25.1 Å². The summed E-state index contributed by atoms with van der Waals surface area (Å²) in [5.74, 6) is -0.592. The van der Waals surface area contributed by atoms with Crippen LogP contribution >= 0.6 is 0 Å². The number of halogens is 3. The number of aryl methyl sites for hydroxylation is 2. The van der Waals surface area contributed by atoms with E-state index in [1.165, 1.54) is 31.3 Å². The van der Waals surface area contributed by atoms with Crippen LogP contribution in [0.1, 0.15) is 39.7 Å². The Labute approximate surface area is 322 Å². The van der Waals surface area contributed by atoms with E-state index < -0.39 is 11.7 Å². The summed E-state index contributed by atoms with van der Waals surface area (Å²) in [5.41, 5.74) is -0.254. The average molecular weight is 765 g/mol. The van der Waals surface area contributed by atoms with E-state index in [-0.39, 0.29) is 95.7 Å². The van der Waals surface area contributed by atoms with Crippen LogP contribution in [-0.4, -0.2) is 24.9 Å². The molecule has 0 amide bonds. The number of allylic oxidation sites excluding steroid dienone is 2. The highest BCUT2D eigenvalue weighted by molar-refractivity contribution is 5.82. The van der Waals surface area contributed by atoms with Crippen molar-refractivity contribution < 1.29 is 13.2 Å². The highest BCUT2D eigenvalue weighted by atomic mass is 19.4. The predicted octanol–water partition coefficient (Wildman–Crippen LogP) is 3.18. The first kappa shape index (κ1) is 36.0. The molecule has 3 aliphatic rings. The van der Waals surface area contributed by atoms with Crippen LogP contribution in [0.3, 0.4) is 0 Å². The summed E-state index contributed by atoms with van der Waals surface area (Å²) in [6.45, 7) is 18.6. The molecule has 272 valence electrons. The molecule has 0 atom stereocenters. The van der Waals surface area contributed by atoms with Gasteiger partial charge in [0.15, 0.2) is 46.1 Å². The minimum Gasteiger partial charge on any atom is -0.239 e. The van der Waals surface area contributed by atoms with Crippen LogP contribution in [0.2, 0.25) is 0 Å². The summed E-state index contributed by atoms with van der Waals surface area (Å²) in [5, 5.41) is 31.0. The van der Waals surface area contributed by atoms with Crippen molar-refractivity contribution >= 4 is 22.5 Å². The van der Waals surface area contributed by atoms with E-state index in [0.717, 1.165) is 12.1 Å². The minimum atomic E-state index is -4.66. The standard InChI is InChI=1S/C39H15F3N16/c1-17-7-22(39(40,41)42)12-28-30(17)54-34(52-28)25(15-45)35-55-32(56-38(57-35)31(47-4)37-53-29-16-48-18(2)49-36(29)58-37)20-5-6-26-27(11-20)51-33(50-26)24(14-44)21-8-19(13-43)9-23(10-21)46-3/h5-12,16H,1-2H3/b33-24+,34-25-,37-31-. The van der Waals surface area contributed by atoms with E-state index in [0.29, 0.717) is 22.1 Å². The second-order valence-corrected chi connectivity index (χ2v) is 12.4. The molecule has 5 aromatic rings. The first-order valence-electron chi connectivity index (χ1n) is 16.5. The van der Waals surface area contributed by atoms with Gasteiger partial charge in [0, 0.05) is 11.1 Å². The zero-order valence-corrected chi connectivity index (χ0v) is 29.5. The second-order valence-electron chi connectivity index (χ2n) is 12.4. The second kappa shape index (κ2) is 13.7. The van der Waals surface area contributed by atoms with Gasteiger partial charge in [-0.3, -0.25) is 0 Å². The summed E-state index contributed by atoms with van der Waals surface area (Å²) >= 11 is 0. The maximum Gasteiger partial charge on any atom is 0.416 e. The van der Waals surface area contributed by atoms with E-state index in [4.69, 9.17) is 13.1 Å². The summed E-state index contributed by atoms with van der Waals surface area (Å²) in [4.78, 5) is 55.3. The van der Waals surface area contributed by atoms with Crippen LogP contribution in [0.4, 0.5) is 18.9 Å². The molecule has 0 saturated heterocycles. The minimum absolute atomic E-state index is 0.00990. The van der Waals surface area contributed by atoms with Gasteiger partial charge in [-0.25, -0.2) is 64.6 Å². The third-order valence-electron chi connectivity index (χ3n) is 8.58. The van der Waals surface area contributed by atoms with Crippen LogP contribution in [0, 0.1) is 61.0 Å². The molecular formula is C39H15F3N16. The zero-order chi connectivity index (χ0) is 40.9. The Bertz CT molecular complexity index is 3440. The van der Waals surface area contributed by atoms with Gasteiger partial charge in [-0.05, 0) is 73.5 Å². The molecule has 2 aromatic heterocycles. The van der Waals surface area contributed by atoms with Gasteiger partial charge in [-0.2, -0.15) is 29.0 Å². The Morgan fingerprint density at radius 2 is 1.43 bits per heavy atom. The molecule has 0 N–H and O–H groups in total. The van der Waals surface area contributed by atoms with Gasteiger partial charge in [-0.1, -0.05) is 0 Å². The Morgan fingerprint density at radius 3 is 2.16 bits per heavy atom. The van der Waals surface area contributed by atoms with Crippen molar-refractivity contribution in [1.29, 1.82) is 15.8 Å². The third-order valence-corrected chi connectivity index (χ3v) is 8.58. The lowest BCUT2D eigenvalue weighted by molar-refractivity contribution is -0.137. The number of alkyl halides is 3. The molecule has 16 nitrogen and oxygen atoms in total. The number of nitrogens with zero attached hydrogens (tertiary/aromatic N) is 16. The van der Waals surface area contributed by atoms with Gasteiger partial charge in [0.1, 0.15) is 34.5 Å². The number of benzene rings is 3. The monoisotopic (exact) mass is 764 g/mol. The molecule has 0 spiro atoms. The van der Waals surface area contributed by atoms with Crippen LogP contribution < -0.4 is 32.3 Å². The van der Waals surface area contributed by atoms with Gasteiger partial charge >= 0.3 is 6.18 Å². The Kier molecular flexibility index (Phi) is 8.50. The topological polar surface area (TPSA) is 219 Å². The molecule has 19 heteroatoms. The van der Waals surface area contributed by atoms with Crippen LogP contribution in [0.5, 0.6) is 0 Å². The molecule has 3 aromatic carbocycles. The lowest BCUT2D eigenvalue weighted by Crippen LogP contribution is -2.27. The number of hydrogen-bond acceptors (Lipinski definition) is 14. The number of hydrogen-bond donors (Lipinski definition) is 0. The Balaban J connectivity index is 1.33. The van der Waals surface area contributed by atoms with Gasteiger partial charge in [0.25, 0.3) is 5.70 Å². The predicted molar refractivity (Wildman–Crippen MR) is 191 cm³/mol. The summed E-state index contributed by atoms with van der Waals surface area (Å²) in [6.07, 6.45) is -3.22. The van der Waals surface area contributed by atoms with Gasteiger partial charge in [-0.15, -0.1) is 0 Å². The first-order valence-corrected chi connectivity index (χ1v) is 16.5. The van der Waals surface area contributed by atoms with E-state index in [1.807, 2.05) is 12.1 Å². The maximum atomic E-state index is 13.6. The van der Waals surface area contributed by atoms with E-state index in [2.05, 4.69) is 70.6 Å². The normalized spacial score (nSPS) is 15.7. The molecule has 0 unspecified atom stereocenters. The van der Waals surface area contributed by atoms with E-state index >= 15 is 0 Å². The highest BCUT2D eigenvalue weighted by Gasteiger charge is 2.32. The maximum absolute atomic E-state index is 13.6. The molecule has 0 radical (unpaired) electrons. The SMILES string of the molecule is [C-]#[N+]/C(=C1/N=c2cnc(C)nc2=N1)c1nc(/C(C#N)=C2/N=c3cc(C(F)(F)F)cc(C)c3=N2)nc(-c2ccc3c(c2)=N/C(=C(\C#N)c2cc(C#N)cc([N+]#[C-])c2)N=3)n1. The molecule has 0 fully saturated rings. The smallest absolute Gasteiger partial charge is 0.239 e. The fourth-order valence-corrected chi connectivity index (χ4v) is 5.93. The van der Waals surface area contributed by atoms with Crippen molar-refractivity contribution in [1.82, 2.24) is 24.9 Å².